The molecule has 0 saturated carbocycles. The van der Waals surface area contributed by atoms with Crippen molar-refractivity contribution < 1.29 is 18.8 Å². The first-order chi connectivity index (χ1) is 16.6. The second-order valence-electron chi connectivity index (χ2n) is 9.01. The normalized spacial score (nSPS) is 11.6. The van der Waals surface area contributed by atoms with Gasteiger partial charge in [-0.15, -0.1) is 0 Å². The summed E-state index contributed by atoms with van der Waals surface area (Å²) in [5, 5.41) is 7.03. The minimum Gasteiger partial charge on any atom is -0.459 e. The van der Waals surface area contributed by atoms with Crippen molar-refractivity contribution in [3.63, 3.8) is 0 Å². The number of benzene rings is 1. The summed E-state index contributed by atoms with van der Waals surface area (Å²) in [6, 6.07) is 9.40. The second kappa shape index (κ2) is 9.67. The molecule has 0 bridgehead atoms. The van der Waals surface area contributed by atoms with Crippen LogP contribution in [0.25, 0.3) is 17.0 Å². The number of amides is 1. The predicted octanol–water partition coefficient (Wildman–Crippen LogP) is 3.47. The zero-order chi connectivity index (χ0) is 25.2. The number of aryl methyl sites for hydroxylation is 3. The number of pyridine rings is 1. The fourth-order valence-electron chi connectivity index (χ4n) is 3.62. The molecule has 4 aromatic rings. The SMILES string of the molecule is Cc1ccn2c(C(=O)Nc3cc(-c4noc(CCC(C)(C)OC(=O)CN)n4)ccc3C)cnc2c1. The van der Waals surface area contributed by atoms with Crippen LogP contribution in [0, 0.1) is 13.8 Å². The Hall–Kier alpha value is -4.05. The molecule has 3 N–H and O–H groups in total. The lowest BCUT2D eigenvalue weighted by atomic mass is 10.0. The number of esters is 1. The summed E-state index contributed by atoms with van der Waals surface area (Å²) in [6.45, 7) is 7.32. The molecule has 0 radical (unpaired) electrons. The molecule has 3 heterocycles. The van der Waals surface area contributed by atoms with Crippen molar-refractivity contribution in [3.05, 3.63) is 65.4 Å². The molecule has 3 aromatic heterocycles. The quantitative estimate of drug-likeness (QED) is 0.369. The predicted molar refractivity (Wildman–Crippen MR) is 130 cm³/mol. The summed E-state index contributed by atoms with van der Waals surface area (Å²) in [5.41, 5.74) is 9.05. The van der Waals surface area contributed by atoms with Crippen LogP contribution < -0.4 is 11.1 Å². The van der Waals surface area contributed by atoms with Gasteiger partial charge >= 0.3 is 5.97 Å². The third-order valence-electron chi connectivity index (χ3n) is 5.61. The lowest BCUT2D eigenvalue weighted by Gasteiger charge is -2.24. The van der Waals surface area contributed by atoms with Crippen LogP contribution in [0.1, 0.15) is 47.8 Å². The van der Waals surface area contributed by atoms with Crippen LogP contribution in [0.4, 0.5) is 5.69 Å². The molecule has 0 fully saturated rings. The lowest BCUT2D eigenvalue weighted by Crippen LogP contribution is -2.32. The van der Waals surface area contributed by atoms with Gasteiger partial charge in [0.05, 0.1) is 12.7 Å². The molecule has 35 heavy (non-hydrogen) atoms. The minimum atomic E-state index is -0.705. The van der Waals surface area contributed by atoms with E-state index >= 15 is 0 Å². The average Bonchev–Trinajstić information content (AvgIpc) is 3.46. The minimum absolute atomic E-state index is 0.169. The molecule has 1 amide bonds. The Kier molecular flexibility index (Phi) is 6.65. The van der Waals surface area contributed by atoms with Crippen LogP contribution >= 0.6 is 0 Å². The van der Waals surface area contributed by atoms with E-state index in [0.29, 0.717) is 47.1 Å². The highest BCUT2D eigenvalue weighted by Gasteiger charge is 2.24. The standard InChI is InChI=1S/C25H28N6O4/c1-15-8-10-31-19(14-27-20(31)11-15)24(33)28-18-12-17(6-5-16(18)2)23-29-21(35-30-23)7-9-25(3,4)34-22(32)13-26/h5-6,8,10-12,14H,7,9,13,26H2,1-4H3,(H,28,33). The van der Waals surface area contributed by atoms with Crippen molar-refractivity contribution in [2.24, 2.45) is 5.73 Å². The number of nitrogens with one attached hydrogen (secondary N) is 1. The molecule has 10 nitrogen and oxygen atoms in total. The topological polar surface area (TPSA) is 138 Å². The van der Waals surface area contributed by atoms with Gasteiger partial charge in [-0.2, -0.15) is 4.98 Å². The van der Waals surface area contributed by atoms with Crippen LogP contribution in [0.15, 0.2) is 47.2 Å². The Balaban J connectivity index is 1.48. The highest BCUT2D eigenvalue weighted by Crippen LogP contribution is 2.25. The zero-order valence-electron chi connectivity index (χ0n) is 20.2. The molecule has 0 saturated heterocycles. The third-order valence-corrected chi connectivity index (χ3v) is 5.61. The Bertz CT molecular complexity index is 1390. The van der Waals surface area contributed by atoms with E-state index in [-0.39, 0.29) is 12.5 Å². The number of carbonyl (C=O) groups excluding carboxylic acids is 2. The number of carbonyl (C=O) groups is 2. The summed E-state index contributed by atoms with van der Waals surface area (Å²) in [5.74, 6) is 0.0840. The molecular weight excluding hydrogens is 448 g/mol. The smallest absolute Gasteiger partial charge is 0.320 e. The maximum Gasteiger partial charge on any atom is 0.320 e. The van der Waals surface area contributed by atoms with Crippen LogP contribution in [-0.4, -0.2) is 43.5 Å². The van der Waals surface area contributed by atoms with Crippen molar-refractivity contribution >= 4 is 23.2 Å². The van der Waals surface area contributed by atoms with Gasteiger partial charge in [-0.25, -0.2) is 4.98 Å². The van der Waals surface area contributed by atoms with Crippen molar-refractivity contribution in [2.45, 2.75) is 46.1 Å². The largest absolute Gasteiger partial charge is 0.459 e. The fraction of sp³-hybridized carbons (Fsp3) is 0.320. The molecule has 0 unspecified atom stereocenters. The Morgan fingerprint density at radius 2 is 2.00 bits per heavy atom. The van der Waals surface area contributed by atoms with Crippen molar-refractivity contribution in [3.8, 4) is 11.4 Å². The molecule has 0 atom stereocenters. The van der Waals surface area contributed by atoms with E-state index in [1.807, 2.05) is 50.4 Å². The van der Waals surface area contributed by atoms with Crippen molar-refractivity contribution in [1.29, 1.82) is 0 Å². The van der Waals surface area contributed by atoms with Gasteiger partial charge in [-0.3, -0.25) is 14.0 Å². The van der Waals surface area contributed by atoms with Gasteiger partial charge < -0.3 is 20.3 Å². The van der Waals surface area contributed by atoms with Gasteiger partial charge in [0.2, 0.25) is 11.7 Å². The van der Waals surface area contributed by atoms with E-state index < -0.39 is 11.6 Å². The maximum absolute atomic E-state index is 13.0. The van der Waals surface area contributed by atoms with E-state index in [2.05, 4.69) is 20.4 Å². The number of anilines is 1. The molecule has 1 aromatic carbocycles. The average molecular weight is 477 g/mol. The van der Waals surface area contributed by atoms with Gasteiger partial charge in [0.1, 0.15) is 16.9 Å². The van der Waals surface area contributed by atoms with Crippen molar-refractivity contribution in [2.75, 3.05) is 11.9 Å². The van der Waals surface area contributed by atoms with Gasteiger partial charge in [-0.05, 0) is 63.4 Å². The maximum atomic E-state index is 13.0. The van der Waals surface area contributed by atoms with Crippen LogP contribution in [-0.2, 0) is 16.0 Å². The van der Waals surface area contributed by atoms with E-state index in [4.69, 9.17) is 15.0 Å². The molecule has 0 aliphatic heterocycles. The Morgan fingerprint density at radius 1 is 1.20 bits per heavy atom. The first-order valence-electron chi connectivity index (χ1n) is 11.3. The summed E-state index contributed by atoms with van der Waals surface area (Å²) < 4.78 is 12.5. The molecular formula is C25H28N6O4. The number of hydrogen-bond donors (Lipinski definition) is 2. The van der Waals surface area contributed by atoms with Gasteiger partial charge in [-0.1, -0.05) is 17.3 Å². The Morgan fingerprint density at radius 3 is 2.77 bits per heavy atom. The number of aromatic nitrogens is 4. The molecule has 10 heteroatoms. The van der Waals surface area contributed by atoms with Crippen LogP contribution in [0.5, 0.6) is 0 Å². The number of fused-ring (bicyclic) bond motifs is 1. The zero-order valence-corrected chi connectivity index (χ0v) is 20.2. The number of rotatable bonds is 8. The monoisotopic (exact) mass is 476 g/mol. The van der Waals surface area contributed by atoms with E-state index in [1.165, 1.54) is 0 Å². The first-order valence-corrected chi connectivity index (χ1v) is 11.3. The first kappa shape index (κ1) is 24.1. The fourth-order valence-corrected chi connectivity index (χ4v) is 3.62. The van der Waals surface area contributed by atoms with Crippen LogP contribution in [0.2, 0.25) is 0 Å². The highest BCUT2D eigenvalue weighted by molar-refractivity contribution is 6.04. The number of ether oxygens (including phenoxy) is 1. The lowest BCUT2D eigenvalue weighted by molar-refractivity contribution is -0.155. The molecule has 0 spiro atoms. The summed E-state index contributed by atoms with van der Waals surface area (Å²) in [7, 11) is 0. The number of hydrogen-bond acceptors (Lipinski definition) is 8. The van der Waals surface area contributed by atoms with E-state index in [1.54, 1.807) is 24.4 Å². The summed E-state index contributed by atoms with van der Waals surface area (Å²) in [6.07, 6.45) is 4.31. The number of imidazole rings is 1. The van der Waals surface area contributed by atoms with Gasteiger partial charge in [0.25, 0.3) is 5.91 Å². The molecule has 0 aliphatic rings. The number of nitrogens with two attached hydrogens (primary N) is 1. The molecule has 182 valence electrons. The number of nitrogens with zero attached hydrogens (tertiary/aromatic N) is 4. The third kappa shape index (κ3) is 5.55. The van der Waals surface area contributed by atoms with Gasteiger partial charge in [0.15, 0.2) is 0 Å². The van der Waals surface area contributed by atoms with Crippen LogP contribution in [0.3, 0.4) is 0 Å². The Labute approximate surface area is 202 Å². The van der Waals surface area contributed by atoms with E-state index in [0.717, 1.165) is 11.1 Å². The second-order valence-corrected chi connectivity index (χ2v) is 9.01. The molecule has 4 rings (SSSR count). The molecule has 0 aliphatic carbocycles. The van der Waals surface area contributed by atoms with Crippen molar-refractivity contribution in [1.82, 2.24) is 19.5 Å². The highest BCUT2D eigenvalue weighted by atomic mass is 16.6. The van der Waals surface area contributed by atoms with E-state index in [9.17, 15) is 9.59 Å². The van der Waals surface area contributed by atoms with Gasteiger partial charge in [0, 0.05) is 23.9 Å². The summed E-state index contributed by atoms with van der Waals surface area (Å²) in [4.78, 5) is 33.3. The summed E-state index contributed by atoms with van der Waals surface area (Å²) >= 11 is 0.